The van der Waals surface area contributed by atoms with E-state index in [-0.39, 0.29) is 20.1 Å². The molecule has 0 aliphatic heterocycles. The number of hydrogen-bond donors (Lipinski definition) is 0. The zero-order valence-electron chi connectivity index (χ0n) is 37.6. The third-order valence-electron chi connectivity index (χ3n) is 12.6. The Kier molecular flexibility index (Phi) is 13.5. The van der Waals surface area contributed by atoms with E-state index in [1.807, 2.05) is 23.5 Å². The number of imidazole rings is 1. The van der Waals surface area contributed by atoms with Gasteiger partial charge in [0.2, 0.25) is 0 Å². The first-order valence-corrected chi connectivity index (χ1v) is 26.9. The molecule has 1 saturated carbocycles. The standard InChI is InChI=1S/C37H31N2S.C20H26NSi.Ir/c1-23(2)30-21-26(25-13-6-5-7-14-25)22-31(24(3)4)35(30)39-33-19-10-9-18-32(33)38-37(39)29-17-12-16-28-27-15-8-11-20-34(27)40-36(28)29;1-22(2,3)20-15-21-19(17-11-5-4-6-12-17)14-18(20)13-16-9-7-8-10-16;/h5-16,18-24H,1-4H3;4-6,11,14-16H,7-10,13H2,1-3H3;/q2*-1;. The number of hydrogen-bond acceptors (Lipinski definition) is 3. The summed E-state index contributed by atoms with van der Waals surface area (Å²) in [6.07, 6.45) is 9.03. The normalized spacial score (nSPS) is 13.2. The molecule has 0 spiro atoms. The second-order valence-electron chi connectivity index (χ2n) is 18.7. The molecule has 1 radical (unpaired) electrons. The van der Waals surface area contributed by atoms with Gasteiger partial charge in [0.1, 0.15) is 0 Å². The number of fused-ring (bicyclic) bond motifs is 4. The van der Waals surface area contributed by atoms with Crippen LogP contribution in [0.4, 0.5) is 0 Å². The Labute approximate surface area is 393 Å². The van der Waals surface area contributed by atoms with Crippen LogP contribution in [0.2, 0.25) is 19.6 Å². The first kappa shape index (κ1) is 44.6. The van der Waals surface area contributed by atoms with Crippen LogP contribution in [0, 0.1) is 18.1 Å². The number of pyridine rings is 1. The van der Waals surface area contributed by atoms with Crippen LogP contribution >= 0.6 is 11.3 Å². The zero-order chi connectivity index (χ0) is 43.0. The Balaban J connectivity index is 0.000000201. The molecule has 0 N–H and O–H groups in total. The van der Waals surface area contributed by atoms with Crippen molar-refractivity contribution in [1.29, 1.82) is 0 Å². The van der Waals surface area contributed by atoms with E-state index in [1.54, 1.807) is 10.8 Å². The molecular formula is C57H57IrN3SSi-2. The van der Waals surface area contributed by atoms with Gasteiger partial charge in [-0.15, -0.1) is 54.1 Å². The van der Waals surface area contributed by atoms with Crippen molar-refractivity contribution in [2.24, 2.45) is 5.92 Å². The maximum atomic E-state index is 5.30. The summed E-state index contributed by atoms with van der Waals surface area (Å²) >= 11 is 1.83. The van der Waals surface area contributed by atoms with Crippen LogP contribution < -0.4 is 5.19 Å². The van der Waals surface area contributed by atoms with Gasteiger partial charge in [0, 0.05) is 36.7 Å². The van der Waals surface area contributed by atoms with E-state index in [0.29, 0.717) is 11.8 Å². The van der Waals surface area contributed by atoms with Crippen molar-refractivity contribution < 1.29 is 20.1 Å². The average Bonchev–Trinajstić information content (AvgIpc) is 4.04. The van der Waals surface area contributed by atoms with Crippen LogP contribution in [0.3, 0.4) is 0 Å². The third-order valence-corrected chi connectivity index (χ3v) is 15.9. The molecule has 1 aliphatic rings. The molecular weight excluding hydrogens is 979 g/mol. The molecule has 63 heavy (non-hydrogen) atoms. The van der Waals surface area contributed by atoms with Gasteiger partial charge in [-0.3, -0.25) is 4.98 Å². The second kappa shape index (κ2) is 19.0. The molecule has 3 aromatic heterocycles. The van der Waals surface area contributed by atoms with Crippen molar-refractivity contribution in [2.45, 2.75) is 91.3 Å². The number of thiophene rings is 1. The van der Waals surface area contributed by atoms with E-state index < -0.39 is 8.07 Å². The van der Waals surface area contributed by atoms with Gasteiger partial charge in [-0.05, 0) is 97.7 Å². The predicted molar refractivity (Wildman–Crippen MR) is 269 cm³/mol. The van der Waals surface area contributed by atoms with Gasteiger partial charge in [-0.25, -0.2) is 0 Å². The molecule has 0 atom stereocenters. The van der Waals surface area contributed by atoms with Gasteiger partial charge >= 0.3 is 0 Å². The van der Waals surface area contributed by atoms with Gasteiger partial charge in [0.15, 0.2) is 0 Å². The third kappa shape index (κ3) is 9.20. The SMILES string of the molecule is CC(C)c1cc(-c2ccccc2)cc(C(C)C)c1-n1c(-c2[c-]ccc3c2sc2ccccc23)nc2ccccc21.C[Si](C)(C)c1cnc(-c2[c-]cccc2)cc1CC1CCCC1.[Ir]. The molecule has 0 amide bonds. The first-order chi connectivity index (χ1) is 30.0. The average molecular weight is 1040 g/mol. The van der Waals surface area contributed by atoms with Crippen LogP contribution in [0.15, 0.2) is 140 Å². The summed E-state index contributed by atoms with van der Waals surface area (Å²) < 4.78 is 4.95. The van der Waals surface area contributed by atoms with E-state index >= 15 is 0 Å². The molecule has 0 unspecified atom stereocenters. The minimum atomic E-state index is -1.35. The number of nitrogens with zero attached hydrogens (tertiary/aromatic N) is 3. The number of aromatic nitrogens is 3. The number of rotatable bonds is 9. The largest absolute Gasteiger partial charge is 0.333 e. The van der Waals surface area contributed by atoms with Crippen LogP contribution in [0.25, 0.3) is 70.7 Å². The van der Waals surface area contributed by atoms with E-state index in [9.17, 15) is 0 Å². The summed E-state index contributed by atoms with van der Waals surface area (Å²) in [6, 6.07) is 54.4. The summed E-state index contributed by atoms with van der Waals surface area (Å²) in [5.74, 6) is 2.49. The Bertz CT molecular complexity index is 2960. The molecule has 0 saturated heterocycles. The molecule has 6 aromatic carbocycles. The molecule has 3 heterocycles. The van der Waals surface area contributed by atoms with E-state index in [4.69, 9.17) is 9.97 Å². The Hall–Kier alpha value is -4.97. The minimum Gasteiger partial charge on any atom is -0.333 e. The number of benzene rings is 6. The quantitative estimate of drug-likeness (QED) is 0.107. The molecule has 9 aromatic rings. The van der Waals surface area contributed by atoms with Crippen molar-refractivity contribution in [2.75, 3.05) is 0 Å². The van der Waals surface area contributed by atoms with E-state index in [2.05, 4.69) is 192 Å². The zero-order valence-corrected chi connectivity index (χ0v) is 41.8. The predicted octanol–water partition coefficient (Wildman–Crippen LogP) is 15.6. The van der Waals surface area contributed by atoms with Crippen LogP contribution in [-0.2, 0) is 26.5 Å². The maximum Gasteiger partial charge on any atom is 0.0798 e. The smallest absolute Gasteiger partial charge is 0.0798 e. The van der Waals surface area contributed by atoms with Crippen molar-refractivity contribution in [3.63, 3.8) is 0 Å². The molecule has 10 rings (SSSR count). The van der Waals surface area contributed by atoms with Crippen molar-refractivity contribution in [1.82, 2.24) is 14.5 Å². The fourth-order valence-electron chi connectivity index (χ4n) is 9.46. The summed E-state index contributed by atoms with van der Waals surface area (Å²) in [5, 5.41) is 4.10. The Morgan fingerprint density at radius 1 is 0.714 bits per heavy atom. The number of para-hydroxylation sites is 2. The van der Waals surface area contributed by atoms with Crippen LogP contribution in [0.1, 0.15) is 81.9 Å². The van der Waals surface area contributed by atoms with E-state index in [1.165, 1.54) is 80.2 Å². The van der Waals surface area contributed by atoms with Crippen molar-refractivity contribution in [3.05, 3.63) is 168 Å². The fraction of sp³-hybridized carbons (Fsp3) is 0.263. The molecule has 1 fully saturated rings. The Morgan fingerprint density at radius 2 is 1.40 bits per heavy atom. The minimum absolute atomic E-state index is 0. The molecule has 321 valence electrons. The monoisotopic (exact) mass is 1040 g/mol. The van der Waals surface area contributed by atoms with Crippen molar-refractivity contribution >= 4 is 55.8 Å². The van der Waals surface area contributed by atoms with Gasteiger partial charge in [0.25, 0.3) is 0 Å². The second-order valence-corrected chi connectivity index (χ2v) is 24.8. The van der Waals surface area contributed by atoms with Gasteiger partial charge in [-0.2, -0.15) is 11.3 Å². The van der Waals surface area contributed by atoms with Gasteiger partial charge in [-0.1, -0.05) is 156 Å². The Morgan fingerprint density at radius 3 is 2.10 bits per heavy atom. The first-order valence-electron chi connectivity index (χ1n) is 22.5. The molecule has 6 heteroatoms. The maximum absolute atomic E-state index is 5.30. The summed E-state index contributed by atoms with van der Waals surface area (Å²) in [6.45, 7) is 16.5. The van der Waals surface area contributed by atoms with Gasteiger partial charge < -0.3 is 9.55 Å². The summed E-state index contributed by atoms with van der Waals surface area (Å²) in [5.41, 5.74) is 13.3. The van der Waals surface area contributed by atoms with Gasteiger partial charge in [0.05, 0.1) is 24.9 Å². The van der Waals surface area contributed by atoms with Crippen molar-refractivity contribution in [3.8, 4) is 39.5 Å². The topological polar surface area (TPSA) is 30.7 Å². The van der Waals surface area contributed by atoms with Crippen LogP contribution in [-0.4, -0.2) is 22.6 Å². The molecule has 1 aliphatic carbocycles. The summed E-state index contributed by atoms with van der Waals surface area (Å²) in [4.78, 5) is 10.1. The fourth-order valence-corrected chi connectivity index (χ4v) is 12.2. The molecule has 0 bridgehead atoms. The molecule has 3 nitrogen and oxygen atoms in total. The summed E-state index contributed by atoms with van der Waals surface area (Å²) in [7, 11) is -1.35. The van der Waals surface area contributed by atoms with E-state index in [0.717, 1.165) is 39.6 Å². The van der Waals surface area contributed by atoms with Crippen LogP contribution in [0.5, 0.6) is 0 Å².